The van der Waals surface area contributed by atoms with Crippen LogP contribution in [0.5, 0.6) is 11.5 Å². The van der Waals surface area contributed by atoms with Gasteiger partial charge in [-0.3, -0.25) is 9.80 Å². The molecule has 0 amide bonds. The van der Waals surface area contributed by atoms with Crippen molar-refractivity contribution in [3.05, 3.63) is 59.7 Å². The lowest BCUT2D eigenvalue weighted by Gasteiger charge is -2.41. The lowest BCUT2D eigenvalue weighted by atomic mass is 10.1. The van der Waals surface area contributed by atoms with Crippen LogP contribution in [0.1, 0.15) is 17.5 Å². The van der Waals surface area contributed by atoms with E-state index in [0.717, 1.165) is 50.6 Å². The molecule has 5 nitrogen and oxygen atoms in total. The summed E-state index contributed by atoms with van der Waals surface area (Å²) >= 11 is 0. The van der Waals surface area contributed by atoms with E-state index in [9.17, 15) is 5.11 Å². The molecule has 146 valence electrons. The predicted molar refractivity (Wildman–Crippen MR) is 107 cm³/mol. The Kier molecular flexibility index (Phi) is 7.10. The van der Waals surface area contributed by atoms with Gasteiger partial charge in [-0.25, -0.2) is 0 Å². The van der Waals surface area contributed by atoms with Gasteiger partial charge in [0.25, 0.3) is 0 Å². The van der Waals surface area contributed by atoms with Crippen LogP contribution in [0.2, 0.25) is 0 Å². The van der Waals surface area contributed by atoms with E-state index in [-0.39, 0.29) is 6.61 Å². The molecule has 5 heteroatoms. The van der Waals surface area contributed by atoms with Gasteiger partial charge in [0.15, 0.2) is 0 Å². The highest BCUT2D eigenvalue weighted by molar-refractivity contribution is 5.29. The number of aliphatic hydroxyl groups excluding tert-OH is 1. The molecule has 1 aliphatic heterocycles. The van der Waals surface area contributed by atoms with Crippen LogP contribution in [0.3, 0.4) is 0 Å². The number of ether oxygens (including phenoxy) is 2. The number of benzene rings is 2. The van der Waals surface area contributed by atoms with E-state index in [1.54, 1.807) is 14.2 Å². The molecule has 0 spiro atoms. The van der Waals surface area contributed by atoms with Crippen molar-refractivity contribution < 1.29 is 14.6 Å². The van der Waals surface area contributed by atoms with Crippen molar-refractivity contribution in [2.45, 2.75) is 25.6 Å². The zero-order valence-corrected chi connectivity index (χ0v) is 16.3. The van der Waals surface area contributed by atoms with Gasteiger partial charge < -0.3 is 14.6 Å². The maximum atomic E-state index is 9.55. The lowest BCUT2D eigenvalue weighted by Crippen LogP contribution is -2.52. The van der Waals surface area contributed by atoms with Crippen LogP contribution in [0, 0.1) is 0 Å². The molecular weight excluding hydrogens is 340 g/mol. The molecule has 1 atom stereocenters. The average molecular weight is 370 g/mol. The quantitative estimate of drug-likeness (QED) is 0.774. The van der Waals surface area contributed by atoms with Crippen molar-refractivity contribution in [3.63, 3.8) is 0 Å². The van der Waals surface area contributed by atoms with Crippen molar-refractivity contribution >= 4 is 0 Å². The Balaban J connectivity index is 1.63. The van der Waals surface area contributed by atoms with E-state index in [1.165, 1.54) is 11.1 Å². The van der Waals surface area contributed by atoms with E-state index in [0.29, 0.717) is 6.04 Å². The minimum atomic E-state index is 0.215. The molecule has 0 radical (unpaired) electrons. The van der Waals surface area contributed by atoms with Crippen LogP contribution in [0.25, 0.3) is 0 Å². The molecule has 2 aromatic carbocycles. The molecule has 0 aromatic heterocycles. The number of aliphatic hydroxyl groups is 1. The van der Waals surface area contributed by atoms with Gasteiger partial charge in [-0.1, -0.05) is 24.3 Å². The molecule has 0 unspecified atom stereocenters. The van der Waals surface area contributed by atoms with Gasteiger partial charge in [0.05, 0.1) is 14.2 Å². The van der Waals surface area contributed by atoms with Gasteiger partial charge in [0.2, 0.25) is 0 Å². The average Bonchev–Trinajstić information content (AvgIpc) is 2.70. The molecule has 0 saturated carbocycles. The highest BCUT2D eigenvalue weighted by Gasteiger charge is 2.26. The predicted octanol–water partition coefficient (Wildman–Crippen LogP) is 2.77. The van der Waals surface area contributed by atoms with Gasteiger partial charge >= 0.3 is 0 Å². The standard InChI is InChI=1S/C22H30N2O3/c1-26-21-7-3-5-18(13-21)15-23-10-11-24(20(17-23)9-12-25)16-19-6-4-8-22(14-19)27-2/h3-8,13-14,20,25H,9-12,15-17H2,1-2H3/t20-/m1/s1. The number of piperazine rings is 1. The fourth-order valence-corrected chi connectivity index (χ4v) is 3.77. The van der Waals surface area contributed by atoms with Crippen LogP contribution >= 0.6 is 0 Å². The third kappa shape index (κ3) is 5.45. The molecule has 27 heavy (non-hydrogen) atoms. The number of methoxy groups -OCH3 is 2. The fraction of sp³-hybridized carbons (Fsp3) is 0.455. The summed E-state index contributed by atoms with van der Waals surface area (Å²) in [5.74, 6) is 1.79. The summed E-state index contributed by atoms with van der Waals surface area (Å²) in [5.41, 5.74) is 2.51. The second-order valence-corrected chi connectivity index (χ2v) is 7.07. The molecule has 1 N–H and O–H groups in total. The molecule has 1 aliphatic rings. The third-order valence-electron chi connectivity index (χ3n) is 5.21. The Labute approximate surface area is 162 Å². The number of rotatable bonds is 8. The molecule has 2 aromatic rings. The van der Waals surface area contributed by atoms with E-state index in [2.05, 4.69) is 34.1 Å². The summed E-state index contributed by atoms with van der Waals surface area (Å²) in [6.45, 7) is 4.98. The molecule has 0 aliphatic carbocycles. The monoisotopic (exact) mass is 370 g/mol. The van der Waals surface area contributed by atoms with Gasteiger partial charge in [0, 0.05) is 45.4 Å². The molecule has 1 fully saturated rings. The Morgan fingerprint density at radius 1 is 0.926 bits per heavy atom. The van der Waals surface area contributed by atoms with Gasteiger partial charge in [-0.05, 0) is 41.8 Å². The minimum absolute atomic E-state index is 0.215. The highest BCUT2D eigenvalue weighted by Crippen LogP contribution is 2.21. The first-order valence-electron chi connectivity index (χ1n) is 9.55. The Morgan fingerprint density at radius 2 is 1.56 bits per heavy atom. The van der Waals surface area contributed by atoms with Crippen LogP contribution in [0.4, 0.5) is 0 Å². The van der Waals surface area contributed by atoms with Crippen LogP contribution in [-0.4, -0.2) is 61.4 Å². The Hall–Kier alpha value is -2.08. The van der Waals surface area contributed by atoms with E-state index < -0.39 is 0 Å². The summed E-state index contributed by atoms with van der Waals surface area (Å²) in [4.78, 5) is 4.95. The minimum Gasteiger partial charge on any atom is -0.497 e. The largest absolute Gasteiger partial charge is 0.497 e. The van der Waals surface area contributed by atoms with Gasteiger partial charge in [0.1, 0.15) is 11.5 Å². The van der Waals surface area contributed by atoms with Crippen LogP contribution < -0.4 is 9.47 Å². The maximum Gasteiger partial charge on any atom is 0.119 e. The summed E-state index contributed by atoms with van der Waals surface area (Å²) in [6.07, 6.45) is 0.790. The zero-order chi connectivity index (χ0) is 19.1. The molecule has 0 bridgehead atoms. The second-order valence-electron chi connectivity index (χ2n) is 7.07. The van der Waals surface area contributed by atoms with Crippen molar-refractivity contribution in [3.8, 4) is 11.5 Å². The van der Waals surface area contributed by atoms with E-state index >= 15 is 0 Å². The molecule has 3 rings (SSSR count). The zero-order valence-electron chi connectivity index (χ0n) is 16.3. The topological polar surface area (TPSA) is 45.2 Å². The Bertz CT molecular complexity index is 722. The lowest BCUT2D eigenvalue weighted by molar-refractivity contribution is 0.0499. The summed E-state index contributed by atoms with van der Waals surface area (Å²) in [6, 6.07) is 16.9. The highest BCUT2D eigenvalue weighted by atomic mass is 16.5. The summed E-state index contributed by atoms with van der Waals surface area (Å²) in [7, 11) is 3.40. The normalized spacial score (nSPS) is 18.4. The summed E-state index contributed by atoms with van der Waals surface area (Å²) < 4.78 is 10.7. The van der Waals surface area contributed by atoms with Crippen molar-refractivity contribution in [1.29, 1.82) is 0 Å². The molecule has 1 heterocycles. The van der Waals surface area contributed by atoms with E-state index in [1.807, 2.05) is 24.3 Å². The molecule has 1 saturated heterocycles. The van der Waals surface area contributed by atoms with Gasteiger partial charge in [-0.2, -0.15) is 0 Å². The first kappa shape index (κ1) is 19.7. The molecular formula is C22H30N2O3. The maximum absolute atomic E-state index is 9.55. The number of nitrogens with zero attached hydrogens (tertiary/aromatic N) is 2. The van der Waals surface area contributed by atoms with Crippen LogP contribution in [-0.2, 0) is 13.1 Å². The smallest absolute Gasteiger partial charge is 0.119 e. The van der Waals surface area contributed by atoms with Crippen molar-refractivity contribution in [2.75, 3.05) is 40.5 Å². The SMILES string of the molecule is COc1cccc(CN2CCN(Cc3cccc(OC)c3)[C@H](CCO)C2)c1. The first-order valence-corrected chi connectivity index (χ1v) is 9.55. The van der Waals surface area contributed by atoms with Crippen molar-refractivity contribution in [2.24, 2.45) is 0 Å². The number of hydrogen-bond donors (Lipinski definition) is 1. The van der Waals surface area contributed by atoms with Gasteiger partial charge in [-0.15, -0.1) is 0 Å². The second kappa shape index (κ2) is 9.74. The fourth-order valence-electron chi connectivity index (χ4n) is 3.77. The number of hydrogen-bond acceptors (Lipinski definition) is 5. The van der Waals surface area contributed by atoms with Crippen LogP contribution in [0.15, 0.2) is 48.5 Å². The Morgan fingerprint density at radius 3 is 2.15 bits per heavy atom. The third-order valence-corrected chi connectivity index (χ3v) is 5.21. The first-order chi connectivity index (χ1) is 13.2. The summed E-state index contributed by atoms with van der Waals surface area (Å²) in [5, 5.41) is 9.55. The van der Waals surface area contributed by atoms with Crippen molar-refractivity contribution in [1.82, 2.24) is 9.80 Å². The van der Waals surface area contributed by atoms with E-state index in [4.69, 9.17) is 9.47 Å².